The van der Waals surface area contributed by atoms with Crippen molar-refractivity contribution >= 4 is 23.2 Å². The number of nitrogens with one attached hydrogen (secondary N) is 3. The summed E-state index contributed by atoms with van der Waals surface area (Å²) in [5, 5.41) is 8.89. The predicted octanol–water partition coefficient (Wildman–Crippen LogP) is 4.03. The Morgan fingerprint density at radius 2 is 1.52 bits per heavy atom. The Balaban J connectivity index is 1.32. The van der Waals surface area contributed by atoms with Crippen molar-refractivity contribution in [1.82, 2.24) is 5.32 Å². The van der Waals surface area contributed by atoms with Gasteiger partial charge in [0, 0.05) is 34.1 Å². The van der Waals surface area contributed by atoms with Crippen LogP contribution in [0.2, 0.25) is 0 Å². The van der Waals surface area contributed by atoms with Gasteiger partial charge in [-0.3, -0.25) is 9.59 Å². The standard InChI is InChI=1S/C26H23N3O2/c30-25(28-24-11-5-9-21(17-24)26(31)29-22-14-15-22)18-27-23-10-4-8-20(16-23)13-12-19-6-2-1-3-7-19/h1-11,16-17,22,27H,14-15,18H2,(H,28,30)(H,29,31). The zero-order valence-corrected chi connectivity index (χ0v) is 17.0. The van der Waals surface area contributed by atoms with E-state index in [2.05, 4.69) is 27.8 Å². The summed E-state index contributed by atoms with van der Waals surface area (Å²) in [5.41, 5.74) is 3.77. The lowest BCUT2D eigenvalue weighted by atomic mass is 10.1. The summed E-state index contributed by atoms with van der Waals surface area (Å²) in [6, 6.07) is 24.7. The molecule has 154 valence electrons. The Morgan fingerprint density at radius 3 is 2.32 bits per heavy atom. The molecule has 0 radical (unpaired) electrons. The van der Waals surface area contributed by atoms with Crippen LogP contribution in [-0.2, 0) is 4.79 Å². The number of rotatable bonds is 6. The summed E-state index contributed by atoms with van der Waals surface area (Å²) in [4.78, 5) is 24.5. The maximum atomic E-state index is 12.3. The van der Waals surface area contributed by atoms with Gasteiger partial charge in [-0.1, -0.05) is 42.2 Å². The summed E-state index contributed by atoms with van der Waals surface area (Å²) >= 11 is 0. The van der Waals surface area contributed by atoms with E-state index in [4.69, 9.17) is 0 Å². The fourth-order valence-corrected chi connectivity index (χ4v) is 2.99. The van der Waals surface area contributed by atoms with Gasteiger partial charge in [0.25, 0.3) is 5.91 Å². The van der Waals surface area contributed by atoms with E-state index in [1.807, 2.05) is 54.6 Å². The number of hydrogen-bond donors (Lipinski definition) is 3. The Hall–Kier alpha value is -4.04. The van der Waals surface area contributed by atoms with E-state index in [-0.39, 0.29) is 18.4 Å². The molecule has 31 heavy (non-hydrogen) atoms. The Morgan fingerprint density at radius 1 is 0.806 bits per heavy atom. The largest absolute Gasteiger partial charge is 0.376 e. The highest BCUT2D eigenvalue weighted by atomic mass is 16.2. The number of hydrogen-bond acceptors (Lipinski definition) is 3. The van der Waals surface area contributed by atoms with Crippen LogP contribution in [0.3, 0.4) is 0 Å². The second-order valence-corrected chi connectivity index (χ2v) is 7.43. The molecule has 4 rings (SSSR count). The van der Waals surface area contributed by atoms with Gasteiger partial charge in [0.05, 0.1) is 6.54 Å². The van der Waals surface area contributed by atoms with Gasteiger partial charge in [-0.15, -0.1) is 0 Å². The highest BCUT2D eigenvalue weighted by molar-refractivity contribution is 5.98. The molecule has 1 fully saturated rings. The molecule has 0 bridgehead atoms. The summed E-state index contributed by atoms with van der Waals surface area (Å²) < 4.78 is 0. The predicted molar refractivity (Wildman–Crippen MR) is 123 cm³/mol. The lowest BCUT2D eigenvalue weighted by molar-refractivity contribution is -0.114. The van der Waals surface area contributed by atoms with Crippen molar-refractivity contribution in [1.29, 1.82) is 0 Å². The molecule has 1 saturated carbocycles. The van der Waals surface area contributed by atoms with Crippen LogP contribution in [0.1, 0.15) is 34.3 Å². The molecule has 0 unspecified atom stereocenters. The van der Waals surface area contributed by atoms with Crippen LogP contribution in [0, 0.1) is 11.8 Å². The van der Waals surface area contributed by atoms with Gasteiger partial charge in [0.2, 0.25) is 5.91 Å². The van der Waals surface area contributed by atoms with E-state index in [0.717, 1.165) is 29.7 Å². The lowest BCUT2D eigenvalue weighted by Gasteiger charge is -2.09. The van der Waals surface area contributed by atoms with Crippen LogP contribution in [0.4, 0.5) is 11.4 Å². The molecule has 0 aromatic heterocycles. The average Bonchev–Trinajstić information content (AvgIpc) is 3.61. The molecule has 2 amide bonds. The van der Waals surface area contributed by atoms with E-state index < -0.39 is 0 Å². The van der Waals surface area contributed by atoms with Crippen LogP contribution in [0.25, 0.3) is 0 Å². The quantitative estimate of drug-likeness (QED) is 0.539. The van der Waals surface area contributed by atoms with Gasteiger partial charge in [-0.25, -0.2) is 0 Å². The molecule has 5 nitrogen and oxygen atoms in total. The fourth-order valence-electron chi connectivity index (χ4n) is 2.99. The van der Waals surface area contributed by atoms with Gasteiger partial charge in [-0.2, -0.15) is 0 Å². The first-order valence-electron chi connectivity index (χ1n) is 10.3. The van der Waals surface area contributed by atoms with Crippen LogP contribution >= 0.6 is 0 Å². The molecule has 0 saturated heterocycles. The van der Waals surface area contributed by atoms with Crippen molar-refractivity contribution in [2.75, 3.05) is 17.2 Å². The van der Waals surface area contributed by atoms with Crippen molar-refractivity contribution in [2.24, 2.45) is 0 Å². The third-order valence-electron chi connectivity index (χ3n) is 4.76. The van der Waals surface area contributed by atoms with Crippen molar-refractivity contribution in [3.63, 3.8) is 0 Å². The van der Waals surface area contributed by atoms with Gasteiger partial charge < -0.3 is 16.0 Å². The zero-order valence-electron chi connectivity index (χ0n) is 17.0. The number of amides is 2. The Labute approximate surface area is 181 Å². The minimum Gasteiger partial charge on any atom is -0.376 e. The van der Waals surface area contributed by atoms with Gasteiger partial charge in [-0.05, 0) is 61.4 Å². The third kappa shape index (κ3) is 6.22. The number of carbonyl (C=O) groups excluding carboxylic acids is 2. The molecule has 0 aliphatic heterocycles. The third-order valence-corrected chi connectivity index (χ3v) is 4.76. The van der Waals surface area contributed by atoms with Gasteiger partial charge in [0.15, 0.2) is 0 Å². The fraction of sp³-hybridized carbons (Fsp3) is 0.154. The summed E-state index contributed by atoms with van der Waals surface area (Å²) in [6.45, 7) is 0.105. The Kier molecular flexibility index (Phi) is 6.29. The highest BCUT2D eigenvalue weighted by Crippen LogP contribution is 2.20. The first-order chi connectivity index (χ1) is 15.2. The molecule has 5 heteroatoms. The number of carbonyl (C=O) groups is 2. The zero-order chi connectivity index (χ0) is 21.5. The first-order valence-corrected chi connectivity index (χ1v) is 10.3. The SMILES string of the molecule is O=C(CNc1cccc(C#Cc2ccccc2)c1)Nc1cccc(C(=O)NC2CC2)c1. The number of benzene rings is 3. The molecule has 0 atom stereocenters. The van der Waals surface area contributed by atoms with Crippen molar-refractivity contribution in [2.45, 2.75) is 18.9 Å². The van der Waals surface area contributed by atoms with E-state index >= 15 is 0 Å². The molecule has 1 aliphatic rings. The van der Waals surface area contributed by atoms with Crippen molar-refractivity contribution in [3.05, 3.63) is 95.6 Å². The monoisotopic (exact) mass is 409 g/mol. The van der Waals surface area contributed by atoms with Crippen LogP contribution in [0.15, 0.2) is 78.9 Å². The minimum absolute atomic E-state index is 0.105. The Bertz CT molecular complexity index is 1140. The summed E-state index contributed by atoms with van der Waals surface area (Å²) in [6.07, 6.45) is 2.07. The van der Waals surface area contributed by atoms with Crippen LogP contribution in [-0.4, -0.2) is 24.4 Å². The topological polar surface area (TPSA) is 70.2 Å². The van der Waals surface area contributed by atoms with Crippen LogP contribution in [0.5, 0.6) is 0 Å². The second-order valence-electron chi connectivity index (χ2n) is 7.43. The van der Waals surface area contributed by atoms with E-state index in [0.29, 0.717) is 17.3 Å². The maximum absolute atomic E-state index is 12.3. The summed E-state index contributed by atoms with van der Waals surface area (Å²) in [5.74, 6) is 5.96. The molecule has 3 aromatic carbocycles. The second kappa shape index (κ2) is 9.64. The molecule has 3 N–H and O–H groups in total. The van der Waals surface area contributed by atoms with Gasteiger partial charge in [0.1, 0.15) is 0 Å². The van der Waals surface area contributed by atoms with E-state index in [1.54, 1.807) is 24.3 Å². The van der Waals surface area contributed by atoms with E-state index in [1.165, 1.54) is 0 Å². The molecular weight excluding hydrogens is 386 g/mol. The van der Waals surface area contributed by atoms with Gasteiger partial charge >= 0.3 is 0 Å². The number of anilines is 2. The normalized spacial score (nSPS) is 12.3. The molecule has 0 spiro atoms. The average molecular weight is 409 g/mol. The molecule has 1 aliphatic carbocycles. The van der Waals surface area contributed by atoms with E-state index in [9.17, 15) is 9.59 Å². The van der Waals surface area contributed by atoms with Crippen LogP contribution < -0.4 is 16.0 Å². The molecule has 3 aromatic rings. The molecular formula is C26H23N3O2. The molecule has 0 heterocycles. The summed E-state index contributed by atoms with van der Waals surface area (Å²) in [7, 11) is 0. The maximum Gasteiger partial charge on any atom is 0.251 e. The highest BCUT2D eigenvalue weighted by Gasteiger charge is 2.23. The smallest absolute Gasteiger partial charge is 0.251 e. The minimum atomic E-state index is -0.194. The first kappa shape index (κ1) is 20.2. The van der Waals surface area contributed by atoms with Crippen molar-refractivity contribution in [3.8, 4) is 11.8 Å². The van der Waals surface area contributed by atoms with Crippen molar-refractivity contribution < 1.29 is 9.59 Å². The lowest BCUT2D eigenvalue weighted by Crippen LogP contribution is -2.26.